The second-order valence-electron chi connectivity index (χ2n) is 2.86. The zero-order valence-electron chi connectivity index (χ0n) is 8.40. The molecule has 5 heteroatoms. The Morgan fingerprint density at radius 3 is 2.88 bits per heavy atom. The standard InChI is InChI=1S/C11H8ClNO3/c1-16-11(15)8(6-13)4-7-5-9(12)2-3-10(7)14/h2-5,14H,1H3/b8-4+. The summed E-state index contributed by atoms with van der Waals surface area (Å²) >= 11 is 5.72. The Labute approximate surface area is 97.3 Å². The van der Waals surface area contributed by atoms with E-state index in [4.69, 9.17) is 16.9 Å². The number of aromatic hydroxyl groups is 1. The molecule has 0 spiro atoms. The fourth-order valence-corrected chi connectivity index (χ4v) is 1.22. The zero-order chi connectivity index (χ0) is 12.1. The van der Waals surface area contributed by atoms with E-state index in [1.54, 1.807) is 6.07 Å². The first-order valence-electron chi connectivity index (χ1n) is 4.27. The van der Waals surface area contributed by atoms with Gasteiger partial charge in [-0.25, -0.2) is 4.79 Å². The summed E-state index contributed by atoms with van der Waals surface area (Å²) in [4.78, 5) is 11.1. The van der Waals surface area contributed by atoms with Crippen molar-refractivity contribution in [2.75, 3.05) is 7.11 Å². The van der Waals surface area contributed by atoms with Crippen molar-refractivity contribution >= 4 is 23.6 Å². The molecule has 0 saturated heterocycles. The summed E-state index contributed by atoms with van der Waals surface area (Å²) in [6.07, 6.45) is 1.22. The Morgan fingerprint density at radius 1 is 1.62 bits per heavy atom. The van der Waals surface area contributed by atoms with Gasteiger partial charge in [-0.2, -0.15) is 5.26 Å². The van der Waals surface area contributed by atoms with Gasteiger partial charge in [0.2, 0.25) is 0 Å². The van der Waals surface area contributed by atoms with Crippen molar-refractivity contribution in [3.63, 3.8) is 0 Å². The lowest BCUT2D eigenvalue weighted by molar-refractivity contribution is -0.135. The number of carbonyl (C=O) groups is 1. The van der Waals surface area contributed by atoms with Crippen LogP contribution in [0.4, 0.5) is 0 Å². The molecular weight excluding hydrogens is 230 g/mol. The summed E-state index contributed by atoms with van der Waals surface area (Å²) in [6.45, 7) is 0. The molecule has 16 heavy (non-hydrogen) atoms. The van der Waals surface area contributed by atoms with E-state index >= 15 is 0 Å². The normalized spacial score (nSPS) is 10.7. The van der Waals surface area contributed by atoms with Gasteiger partial charge in [0, 0.05) is 10.6 Å². The molecular formula is C11H8ClNO3. The summed E-state index contributed by atoms with van der Waals surface area (Å²) in [5, 5.41) is 18.6. The monoisotopic (exact) mass is 237 g/mol. The lowest BCUT2D eigenvalue weighted by Crippen LogP contribution is -2.02. The van der Waals surface area contributed by atoms with E-state index < -0.39 is 5.97 Å². The molecule has 0 atom stereocenters. The quantitative estimate of drug-likeness (QED) is 0.486. The van der Waals surface area contributed by atoms with Crippen molar-refractivity contribution in [1.29, 1.82) is 5.26 Å². The van der Waals surface area contributed by atoms with E-state index in [0.29, 0.717) is 5.02 Å². The van der Waals surface area contributed by atoms with Crippen LogP contribution < -0.4 is 0 Å². The van der Waals surface area contributed by atoms with Gasteiger partial charge in [-0.15, -0.1) is 0 Å². The first-order chi connectivity index (χ1) is 7.58. The highest BCUT2D eigenvalue weighted by Gasteiger charge is 2.10. The number of rotatable bonds is 2. The molecule has 0 aliphatic carbocycles. The van der Waals surface area contributed by atoms with Crippen LogP contribution in [0.5, 0.6) is 5.75 Å². The second kappa shape index (κ2) is 5.19. The molecule has 0 radical (unpaired) electrons. The van der Waals surface area contributed by atoms with E-state index in [1.807, 2.05) is 0 Å². The molecule has 0 unspecified atom stereocenters. The van der Waals surface area contributed by atoms with Crippen LogP contribution in [-0.2, 0) is 9.53 Å². The van der Waals surface area contributed by atoms with E-state index in [2.05, 4.69) is 4.74 Å². The summed E-state index contributed by atoms with van der Waals surface area (Å²) in [6, 6.07) is 6.00. The third-order valence-electron chi connectivity index (χ3n) is 1.82. The lowest BCUT2D eigenvalue weighted by atomic mass is 10.1. The first-order valence-corrected chi connectivity index (χ1v) is 4.65. The van der Waals surface area contributed by atoms with Crippen molar-refractivity contribution < 1.29 is 14.6 Å². The van der Waals surface area contributed by atoms with Gasteiger partial charge < -0.3 is 9.84 Å². The summed E-state index contributed by atoms with van der Waals surface area (Å²) in [5.41, 5.74) is 0.0783. The topological polar surface area (TPSA) is 70.3 Å². The molecule has 1 N–H and O–H groups in total. The Kier molecular flexibility index (Phi) is 3.92. The number of ether oxygens (including phenoxy) is 1. The zero-order valence-corrected chi connectivity index (χ0v) is 9.15. The van der Waals surface area contributed by atoms with E-state index in [0.717, 1.165) is 0 Å². The molecule has 0 heterocycles. The van der Waals surface area contributed by atoms with Crippen LogP contribution in [-0.4, -0.2) is 18.2 Å². The van der Waals surface area contributed by atoms with Gasteiger partial charge in [0.1, 0.15) is 17.4 Å². The Morgan fingerprint density at radius 2 is 2.31 bits per heavy atom. The maximum Gasteiger partial charge on any atom is 0.348 e. The van der Waals surface area contributed by atoms with Gasteiger partial charge in [0.25, 0.3) is 0 Å². The minimum absolute atomic E-state index is 0.0685. The molecule has 0 fully saturated rings. The number of carbonyl (C=O) groups excluding carboxylic acids is 1. The van der Waals surface area contributed by atoms with Crippen molar-refractivity contribution in [3.05, 3.63) is 34.4 Å². The third-order valence-corrected chi connectivity index (χ3v) is 2.05. The lowest BCUT2D eigenvalue weighted by Gasteiger charge is -2.00. The molecule has 0 amide bonds. The average molecular weight is 238 g/mol. The van der Waals surface area contributed by atoms with Crippen LogP contribution in [0.15, 0.2) is 23.8 Å². The SMILES string of the molecule is COC(=O)/C(C#N)=C/c1cc(Cl)ccc1O. The number of phenols is 1. The number of nitriles is 1. The van der Waals surface area contributed by atoms with Gasteiger partial charge in [0.15, 0.2) is 0 Å². The number of phenolic OH excluding ortho intramolecular Hbond substituents is 1. The number of methoxy groups -OCH3 is 1. The largest absolute Gasteiger partial charge is 0.507 e. The maximum absolute atomic E-state index is 11.1. The average Bonchev–Trinajstić information content (AvgIpc) is 2.29. The van der Waals surface area contributed by atoms with Gasteiger partial charge in [-0.1, -0.05) is 11.6 Å². The molecule has 1 aromatic rings. The molecule has 1 aromatic carbocycles. The number of benzene rings is 1. The minimum Gasteiger partial charge on any atom is -0.507 e. The van der Waals surface area contributed by atoms with E-state index in [9.17, 15) is 9.90 Å². The highest BCUT2D eigenvalue weighted by atomic mass is 35.5. The minimum atomic E-state index is -0.762. The highest BCUT2D eigenvalue weighted by Crippen LogP contribution is 2.23. The predicted octanol–water partition coefficient (Wildman–Crippen LogP) is 2.13. The molecule has 0 aliphatic rings. The molecule has 1 rings (SSSR count). The fourth-order valence-electron chi connectivity index (χ4n) is 1.04. The van der Waals surface area contributed by atoms with Crippen molar-refractivity contribution in [3.8, 4) is 11.8 Å². The van der Waals surface area contributed by atoms with E-state index in [1.165, 1.54) is 31.4 Å². The van der Waals surface area contributed by atoms with Crippen LogP contribution in [0.25, 0.3) is 6.08 Å². The number of hydrogen-bond donors (Lipinski definition) is 1. The smallest absolute Gasteiger partial charge is 0.348 e. The fraction of sp³-hybridized carbons (Fsp3) is 0.0909. The van der Waals surface area contributed by atoms with Crippen molar-refractivity contribution in [1.82, 2.24) is 0 Å². The highest BCUT2D eigenvalue weighted by molar-refractivity contribution is 6.30. The van der Waals surface area contributed by atoms with Crippen LogP contribution in [0, 0.1) is 11.3 Å². The molecule has 0 aromatic heterocycles. The van der Waals surface area contributed by atoms with Gasteiger partial charge in [-0.05, 0) is 24.3 Å². The third kappa shape index (κ3) is 2.75. The molecule has 0 saturated carbocycles. The maximum atomic E-state index is 11.1. The van der Waals surface area contributed by atoms with Crippen LogP contribution in [0.3, 0.4) is 0 Å². The Bertz CT molecular complexity index is 488. The Balaban J connectivity index is 3.19. The van der Waals surface area contributed by atoms with Crippen molar-refractivity contribution in [2.24, 2.45) is 0 Å². The number of nitrogens with zero attached hydrogens (tertiary/aromatic N) is 1. The number of hydrogen-bond acceptors (Lipinski definition) is 4. The Hall–Kier alpha value is -1.99. The predicted molar refractivity (Wildman–Crippen MR) is 58.7 cm³/mol. The summed E-state index contributed by atoms with van der Waals surface area (Å²) in [7, 11) is 1.17. The van der Waals surface area contributed by atoms with Gasteiger partial charge >= 0.3 is 5.97 Å². The van der Waals surface area contributed by atoms with Gasteiger partial charge in [-0.3, -0.25) is 0 Å². The second-order valence-corrected chi connectivity index (χ2v) is 3.30. The summed E-state index contributed by atoms with van der Waals surface area (Å²) < 4.78 is 4.40. The van der Waals surface area contributed by atoms with Gasteiger partial charge in [0.05, 0.1) is 7.11 Å². The number of esters is 1. The van der Waals surface area contributed by atoms with E-state index in [-0.39, 0.29) is 16.9 Å². The van der Waals surface area contributed by atoms with Crippen LogP contribution in [0.1, 0.15) is 5.56 Å². The van der Waals surface area contributed by atoms with Crippen LogP contribution in [0.2, 0.25) is 5.02 Å². The molecule has 0 bridgehead atoms. The first kappa shape index (κ1) is 12.1. The van der Waals surface area contributed by atoms with Crippen molar-refractivity contribution in [2.45, 2.75) is 0 Å². The molecule has 4 nitrogen and oxygen atoms in total. The van der Waals surface area contributed by atoms with Crippen LogP contribution >= 0.6 is 11.6 Å². The molecule has 0 aliphatic heterocycles. The molecule has 82 valence electrons. The summed E-state index contributed by atoms with van der Waals surface area (Å²) in [5.74, 6) is -0.831. The number of halogens is 1.